The molecule has 0 spiro atoms. The minimum Gasteiger partial charge on any atom is -0.271 e. The van der Waals surface area contributed by atoms with E-state index >= 15 is 0 Å². The van der Waals surface area contributed by atoms with Crippen molar-refractivity contribution in [3.05, 3.63) is 35.9 Å². The third-order valence-electron chi connectivity index (χ3n) is 4.35. The molecule has 2 nitrogen and oxygen atoms in total. The number of benzene rings is 1. The van der Waals surface area contributed by atoms with Gasteiger partial charge >= 0.3 is 0 Å². The van der Waals surface area contributed by atoms with Gasteiger partial charge < -0.3 is 0 Å². The van der Waals surface area contributed by atoms with Crippen molar-refractivity contribution in [3.8, 4) is 0 Å². The van der Waals surface area contributed by atoms with E-state index in [0.717, 1.165) is 24.7 Å². The second-order valence-corrected chi connectivity index (χ2v) is 5.83. The van der Waals surface area contributed by atoms with Crippen LogP contribution in [0.5, 0.6) is 0 Å². The van der Waals surface area contributed by atoms with E-state index in [2.05, 4.69) is 42.7 Å². The molecule has 3 N–H and O–H groups in total. The first-order valence-corrected chi connectivity index (χ1v) is 7.29. The summed E-state index contributed by atoms with van der Waals surface area (Å²) < 4.78 is 0. The van der Waals surface area contributed by atoms with E-state index < -0.39 is 0 Å². The monoisotopic (exact) mass is 246 g/mol. The molecule has 0 aliphatic heterocycles. The number of hydrazine groups is 1. The fraction of sp³-hybridized carbons (Fsp3) is 0.625. The Hall–Kier alpha value is -0.860. The summed E-state index contributed by atoms with van der Waals surface area (Å²) in [6.45, 7) is 2.37. The Bertz CT molecular complexity index is 336. The zero-order valence-corrected chi connectivity index (χ0v) is 11.4. The Balaban J connectivity index is 1.85. The van der Waals surface area contributed by atoms with Gasteiger partial charge in [0, 0.05) is 6.04 Å². The van der Waals surface area contributed by atoms with E-state index in [1.165, 1.54) is 31.2 Å². The average molecular weight is 246 g/mol. The minimum atomic E-state index is 0.480. The molecule has 0 heterocycles. The largest absolute Gasteiger partial charge is 0.271 e. The van der Waals surface area contributed by atoms with Gasteiger partial charge in [-0.05, 0) is 43.1 Å². The first-order valence-electron chi connectivity index (χ1n) is 7.29. The predicted molar refractivity (Wildman–Crippen MR) is 77.0 cm³/mol. The number of rotatable bonds is 5. The van der Waals surface area contributed by atoms with Crippen molar-refractivity contribution in [2.24, 2.45) is 17.7 Å². The van der Waals surface area contributed by atoms with Crippen LogP contribution < -0.4 is 11.3 Å². The van der Waals surface area contributed by atoms with Gasteiger partial charge in [0.15, 0.2) is 0 Å². The molecule has 2 rings (SSSR count). The SMILES string of the molecule is CC1CCCC(C(CCc2ccccc2)NN)C1. The van der Waals surface area contributed by atoms with Crippen LogP contribution in [0.3, 0.4) is 0 Å². The van der Waals surface area contributed by atoms with Crippen LogP contribution in [0.1, 0.15) is 44.6 Å². The predicted octanol–water partition coefficient (Wildman–Crippen LogP) is 3.28. The molecule has 0 radical (unpaired) electrons. The number of hydrogen-bond donors (Lipinski definition) is 2. The number of aryl methyl sites for hydroxylation is 1. The highest BCUT2D eigenvalue weighted by Crippen LogP contribution is 2.31. The highest BCUT2D eigenvalue weighted by molar-refractivity contribution is 5.14. The molecule has 1 aliphatic carbocycles. The summed E-state index contributed by atoms with van der Waals surface area (Å²) in [6, 6.07) is 11.2. The van der Waals surface area contributed by atoms with Gasteiger partial charge in [-0.3, -0.25) is 11.3 Å². The van der Waals surface area contributed by atoms with Crippen molar-refractivity contribution in [2.45, 2.75) is 51.5 Å². The molecule has 0 saturated heterocycles. The van der Waals surface area contributed by atoms with Gasteiger partial charge in [-0.2, -0.15) is 0 Å². The van der Waals surface area contributed by atoms with E-state index in [1.54, 1.807) is 0 Å². The summed E-state index contributed by atoms with van der Waals surface area (Å²) >= 11 is 0. The number of nitrogens with two attached hydrogens (primary N) is 1. The Morgan fingerprint density at radius 3 is 2.72 bits per heavy atom. The maximum absolute atomic E-state index is 5.76. The van der Waals surface area contributed by atoms with Gasteiger partial charge in [-0.25, -0.2) is 0 Å². The Kier molecular flexibility index (Phi) is 5.21. The molecule has 3 unspecified atom stereocenters. The lowest BCUT2D eigenvalue weighted by molar-refractivity contribution is 0.216. The third kappa shape index (κ3) is 3.82. The van der Waals surface area contributed by atoms with Crippen molar-refractivity contribution in [1.82, 2.24) is 5.43 Å². The van der Waals surface area contributed by atoms with Gasteiger partial charge in [0.25, 0.3) is 0 Å². The van der Waals surface area contributed by atoms with Gasteiger partial charge in [0.05, 0.1) is 0 Å². The Morgan fingerprint density at radius 2 is 2.06 bits per heavy atom. The lowest BCUT2D eigenvalue weighted by Crippen LogP contribution is -2.42. The molecule has 0 amide bonds. The first-order chi connectivity index (χ1) is 8.79. The summed E-state index contributed by atoms with van der Waals surface area (Å²) in [4.78, 5) is 0. The van der Waals surface area contributed by atoms with Crippen LogP contribution in [0.15, 0.2) is 30.3 Å². The van der Waals surface area contributed by atoms with Crippen LogP contribution >= 0.6 is 0 Å². The molecule has 1 aromatic rings. The van der Waals surface area contributed by atoms with E-state index in [4.69, 9.17) is 5.84 Å². The molecule has 1 aromatic carbocycles. The molecule has 2 heteroatoms. The standard InChI is InChI=1S/C16H26N2/c1-13-6-5-9-15(12-13)16(18-17)11-10-14-7-3-2-4-8-14/h2-4,7-8,13,15-16,18H,5-6,9-12,17H2,1H3. The summed E-state index contributed by atoms with van der Waals surface area (Å²) in [7, 11) is 0. The van der Waals surface area contributed by atoms with Gasteiger partial charge in [0.2, 0.25) is 0 Å². The molecular weight excluding hydrogens is 220 g/mol. The molecule has 1 fully saturated rings. The fourth-order valence-corrected chi connectivity index (χ4v) is 3.27. The highest BCUT2D eigenvalue weighted by atomic mass is 15.2. The van der Waals surface area contributed by atoms with Crippen LogP contribution in [0, 0.1) is 11.8 Å². The lowest BCUT2D eigenvalue weighted by Gasteiger charge is -2.33. The first kappa shape index (κ1) is 13.6. The van der Waals surface area contributed by atoms with Crippen LogP contribution in [-0.2, 0) is 6.42 Å². The van der Waals surface area contributed by atoms with Crippen LogP contribution in [-0.4, -0.2) is 6.04 Å². The molecule has 18 heavy (non-hydrogen) atoms. The second kappa shape index (κ2) is 6.91. The minimum absolute atomic E-state index is 0.480. The van der Waals surface area contributed by atoms with Crippen molar-refractivity contribution in [2.75, 3.05) is 0 Å². The van der Waals surface area contributed by atoms with Gasteiger partial charge in [-0.1, -0.05) is 50.1 Å². The van der Waals surface area contributed by atoms with Gasteiger partial charge in [0.1, 0.15) is 0 Å². The maximum Gasteiger partial charge on any atom is 0.0242 e. The third-order valence-corrected chi connectivity index (χ3v) is 4.35. The zero-order chi connectivity index (χ0) is 12.8. The Labute approximate surface area is 111 Å². The summed E-state index contributed by atoms with van der Waals surface area (Å²) in [5, 5.41) is 0. The normalized spacial score (nSPS) is 25.9. The summed E-state index contributed by atoms with van der Waals surface area (Å²) in [5.41, 5.74) is 4.48. The van der Waals surface area contributed by atoms with Crippen molar-refractivity contribution in [1.29, 1.82) is 0 Å². The molecule has 100 valence electrons. The molecule has 0 bridgehead atoms. The molecule has 3 atom stereocenters. The summed E-state index contributed by atoms with van der Waals surface area (Å²) in [6.07, 6.45) is 7.72. The van der Waals surface area contributed by atoms with Crippen LogP contribution in [0.2, 0.25) is 0 Å². The molecule has 1 aliphatic rings. The second-order valence-electron chi connectivity index (χ2n) is 5.83. The maximum atomic E-state index is 5.76. The number of nitrogens with one attached hydrogen (secondary N) is 1. The van der Waals surface area contributed by atoms with Crippen LogP contribution in [0.4, 0.5) is 0 Å². The quantitative estimate of drug-likeness (QED) is 0.618. The van der Waals surface area contributed by atoms with E-state index in [0.29, 0.717) is 6.04 Å². The van der Waals surface area contributed by atoms with E-state index in [1.807, 2.05) is 0 Å². The van der Waals surface area contributed by atoms with Crippen LogP contribution in [0.25, 0.3) is 0 Å². The molecule has 0 aromatic heterocycles. The topological polar surface area (TPSA) is 38.0 Å². The highest BCUT2D eigenvalue weighted by Gasteiger charge is 2.25. The Morgan fingerprint density at radius 1 is 1.28 bits per heavy atom. The molecule has 1 saturated carbocycles. The average Bonchev–Trinajstić information content (AvgIpc) is 2.41. The van der Waals surface area contributed by atoms with Crippen molar-refractivity contribution < 1.29 is 0 Å². The fourth-order valence-electron chi connectivity index (χ4n) is 3.27. The van der Waals surface area contributed by atoms with Crippen molar-refractivity contribution >= 4 is 0 Å². The van der Waals surface area contributed by atoms with Gasteiger partial charge in [-0.15, -0.1) is 0 Å². The van der Waals surface area contributed by atoms with E-state index in [-0.39, 0.29) is 0 Å². The van der Waals surface area contributed by atoms with E-state index in [9.17, 15) is 0 Å². The number of hydrogen-bond acceptors (Lipinski definition) is 2. The summed E-state index contributed by atoms with van der Waals surface area (Å²) in [5.74, 6) is 7.40. The zero-order valence-electron chi connectivity index (χ0n) is 11.4. The lowest BCUT2D eigenvalue weighted by atomic mass is 9.77. The smallest absolute Gasteiger partial charge is 0.0242 e. The van der Waals surface area contributed by atoms with Crippen molar-refractivity contribution in [3.63, 3.8) is 0 Å². The molecular formula is C16H26N2.